The second-order valence-electron chi connectivity index (χ2n) is 4.67. The molecule has 0 radical (unpaired) electrons. The zero-order chi connectivity index (χ0) is 13.4. The SMILES string of the molecule is CC(C)n1cnc2c(Nc3cnn(C)c3)ncnc21. The lowest BCUT2D eigenvalue weighted by Crippen LogP contribution is -2.01. The molecule has 0 saturated heterocycles. The third-order valence-corrected chi connectivity index (χ3v) is 2.88. The molecule has 7 heteroatoms. The van der Waals surface area contributed by atoms with Gasteiger partial charge >= 0.3 is 0 Å². The maximum absolute atomic E-state index is 4.39. The van der Waals surface area contributed by atoms with Crippen molar-refractivity contribution >= 4 is 22.7 Å². The number of aromatic nitrogens is 6. The summed E-state index contributed by atoms with van der Waals surface area (Å²) in [5, 5.41) is 7.32. The van der Waals surface area contributed by atoms with E-state index in [0.29, 0.717) is 11.9 Å². The summed E-state index contributed by atoms with van der Waals surface area (Å²) >= 11 is 0. The van der Waals surface area contributed by atoms with Crippen molar-refractivity contribution in [3.63, 3.8) is 0 Å². The van der Waals surface area contributed by atoms with Crippen molar-refractivity contribution in [1.82, 2.24) is 29.3 Å². The summed E-state index contributed by atoms with van der Waals surface area (Å²) < 4.78 is 3.75. The van der Waals surface area contributed by atoms with Crippen LogP contribution in [0.2, 0.25) is 0 Å². The highest BCUT2D eigenvalue weighted by Gasteiger charge is 2.12. The van der Waals surface area contributed by atoms with Crippen LogP contribution in [-0.4, -0.2) is 29.3 Å². The largest absolute Gasteiger partial charge is 0.336 e. The van der Waals surface area contributed by atoms with Crippen molar-refractivity contribution in [3.05, 3.63) is 25.0 Å². The van der Waals surface area contributed by atoms with E-state index in [9.17, 15) is 0 Å². The Bertz CT molecular complexity index is 710. The molecule has 3 aromatic rings. The minimum Gasteiger partial charge on any atom is -0.336 e. The van der Waals surface area contributed by atoms with Crippen LogP contribution < -0.4 is 5.32 Å². The van der Waals surface area contributed by atoms with E-state index in [1.807, 2.05) is 17.8 Å². The zero-order valence-corrected chi connectivity index (χ0v) is 11.1. The minimum atomic E-state index is 0.311. The summed E-state index contributed by atoms with van der Waals surface area (Å²) in [5.41, 5.74) is 2.47. The number of imidazole rings is 1. The lowest BCUT2D eigenvalue weighted by Gasteiger charge is -2.07. The second kappa shape index (κ2) is 4.34. The van der Waals surface area contributed by atoms with Gasteiger partial charge in [-0.05, 0) is 13.8 Å². The molecular formula is C12H15N7. The fraction of sp³-hybridized carbons (Fsp3) is 0.333. The van der Waals surface area contributed by atoms with E-state index < -0.39 is 0 Å². The van der Waals surface area contributed by atoms with Gasteiger partial charge in [-0.15, -0.1) is 0 Å². The molecule has 0 aliphatic rings. The van der Waals surface area contributed by atoms with E-state index in [1.165, 1.54) is 0 Å². The van der Waals surface area contributed by atoms with Crippen LogP contribution >= 0.6 is 0 Å². The Kier molecular flexibility index (Phi) is 2.66. The number of anilines is 2. The van der Waals surface area contributed by atoms with Crippen LogP contribution in [0.1, 0.15) is 19.9 Å². The molecule has 1 N–H and O–H groups in total. The van der Waals surface area contributed by atoms with E-state index in [4.69, 9.17) is 0 Å². The van der Waals surface area contributed by atoms with Gasteiger partial charge in [0, 0.05) is 19.3 Å². The van der Waals surface area contributed by atoms with Crippen molar-refractivity contribution in [3.8, 4) is 0 Å². The molecule has 7 nitrogen and oxygen atoms in total. The Balaban J connectivity index is 2.04. The van der Waals surface area contributed by atoms with Gasteiger partial charge in [0.25, 0.3) is 0 Å². The number of hydrogen-bond acceptors (Lipinski definition) is 5. The topological polar surface area (TPSA) is 73.5 Å². The van der Waals surface area contributed by atoms with Gasteiger partial charge in [-0.25, -0.2) is 15.0 Å². The molecule has 0 bridgehead atoms. The monoisotopic (exact) mass is 257 g/mol. The summed E-state index contributed by atoms with van der Waals surface area (Å²) in [5.74, 6) is 0.692. The third-order valence-electron chi connectivity index (χ3n) is 2.88. The molecule has 19 heavy (non-hydrogen) atoms. The van der Waals surface area contributed by atoms with Crippen molar-refractivity contribution in [2.75, 3.05) is 5.32 Å². The molecule has 0 aliphatic carbocycles. The van der Waals surface area contributed by atoms with E-state index in [0.717, 1.165) is 16.9 Å². The van der Waals surface area contributed by atoms with Gasteiger partial charge in [-0.2, -0.15) is 5.10 Å². The average Bonchev–Trinajstić information content (AvgIpc) is 2.96. The molecule has 0 amide bonds. The Hall–Kier alpha value is -2.44. The molecule has 3 aromatic heterocycles. The van der Waals surface area contributed by atoms with Crippen molar-refractivity contribution in [1.29, 1.82) is 0 Å². The molecule has 0 atom stereocenters. The first-order valence-electron chi connectivity index (χ1n) is 6.08. The van der Waals surface area contributed by atoms with Crippen LogP contribution in [0, 0.1) is 0 Å². The first kappa shape index (κ1) is 11.6. The Morgan fingerprint density at radius 1 is 1.21 bits per heavy atom. The van der Waals surface area contributed by atoms with E-state index in [-0.39, 0.29) is 0 Å². The molecule has 0 saturated carbocycles. The Morgan fingerprint density at radius 2 is 2.05 bits per heavy atom. The predicted octanol–water partition coefficient (Wildman–Crippen LogP) is 1.88. The second-order valence-corrected chi connectivity index (χ2v) is 4.67. The molecule has 98 valence electrons. The van der Waals surface area contributed by atoms with E-state index in [2.05, 4.69) is 39.2 Å². The lowest BCUT2D eigenvalue weighted by molar-refractivity contribution is 0.612. The highest BCUT2D eigenvalue weighted by molar-refractivity contribution is 5.84. The van der Waals surface area contributed by atoms with E-state index in [1.54, 1.807) is 23.5 Å². The van der Waals surface area contributed by atoms with Gasteiger partial charge in [0.1, 0.15) is 6.33 Å². The van der Waals surface area contributed by atoms with Gasteiger partial charge in [0.15, 0.2) is 17.0 Å². The number of rotatable bonds is 3. The van der Waals surface area contributed by atoms with Crippen LogP contribution in [0.25, 0.3) is 11.2 Å². The van der Waals surface area contributed by atoms with Crippen molar-refractivity contribution < 1.29 is 0 Å². The van der Waals surface area contributed by atoms with E-state index >= 15 is 0 Å². The summed E-state index contributed by atoms with van der Waals surface area (Å²) in [6.45, 7) is 4.19. The van der Waals surface area contributed by atoms with Gasteiger partial charge < -0.3 is 9.88 Å². The van der Waals surface area contributed by atoms with Crippen LogP contribution in [-0.2, 0) is 7.05 Å². The fourth-order valence-electron chi connectivity index (χ4n) is 1.94. The maximum Gasteiger partial charge on any atom is 0.165 e. The lowest BCUT2D eigenvalue weighted by atomic mass is 10.4. The number of nitrogens with zero attached hydrogens (tertiary/aromatic N) is 6. The maximum atomic E-state index is 4.39. The molecule has 3 rings (SSSR count). The molecule has 0 spiro atoms. The minimum absolute atomic E-state index is 0.311. The van der Waals surface area contributed by atoms with Gasteiger partial charge in [0.2, 0.25) is 0 Å². The third kappa shape index (κ3) is 2.03. The van der Waals surface area contributed by atoms with Crippen molar-refractivity contribution in [2.24, 2.45) is 7.05 Å². The smallest absolute Gasteiger partial charge is 0.165 e. The molecule has 0 aromatic carbocycles. The quantitative estimate of drug-likeness (QED) is 0.775. The Morgan fingerprint density at radius 3 is 2.74 bits per heavy atom. The first-order valence-corrected chi connectivity index (χ1v) is 6.08. The fourth-order valence-corrected chi connectivity index (χ4v) is 1.94. The average molecular weight is 257 g/mol. The van der Waals surface area contributed by atoms with Gasteiger partial charge in [0.05, 0.1) is 18.2 Å². The summed E-state index contributed by atoms with van der Waals surface area (Å²) in [7, 11) is 1.87. The number of aryl methyl sites for hydroxylation is 1. The van der Waals surface area contributed by atoms with Crippen LogP contribution in [0.5, 0.6) is 0 Å². The standard InChI is InChI=1S/C12H15N7/c1-8(2)19-7-15-10-11(13-6-14-12(10)19)17-9-4-16-18(3)5-9/h4-8H,1-3H3,(H,13,14,17). The predicted molar refractivity (Wildman–Crippen MR) is 72.2 cm³/mol. The number of fused-ring (bicyclic) bond motifs is 1. The number of nitrogens with one attached hydrogen (secondary N) is 1. The van der Waals surface area contributed by atoms with Gasteiger partial charge in [-0.3, -0.25) is 4.68 Å². The normalized spacial score (nSPS) is 11.4. The summed E-state index contributed by atoms with van der Waals surface area (Å²) in [6, 6.07) is 0.311. The van der Waals surface area contributed by atoms with Crippen molar-refractivity contribution in [2.45, 2.75) is 19.9 Å². The van der Waals surface area contributed by atoms with Crippen LogP contribution in [0.3, 0.4) is 0 Å². The highest BCUT2D eigenvalue weighted by Crippen LogP contribution is 2.22. The molecule has 0 fully saturated rings. The summed E-state index contributed by atoms with van der Waals surface area (Å²) in [4.78, 5) is 12.9. The highest BCUT2D eigenvalue weighted by atomic mass is 15.3. The molecule has 0 aliphatic heterocycles. The van der Waals surface area contributed by atoms with Gasteiger partial charge in [-0.1, -0.05) is 0 Å². The molecule has 0 unspecified atom stereocenters. The zero-order valence-electron chi connectivity index (χ0n) is 11.1. The molecule has 3 heterocycles. The van der Waals surface area contributed by atoms with Crippen LogP contribution in [0.4, 0.5) is 11.5 Å². The molecular weight excluding hydrogens is 242 g/mol. The number of hydrogen-bond donors (Lipinski definition) is 1. The first-order chi connectivity index (χ1) is 9.15. The Labute approximate surface area is 110 Å². The van der Waals surface area contributed by atoms with Crippen LogP contribution in [0.15, 0.2) is 25.0 Å². The summed E-state index contributed by atoms with van der Waals surface area (Å²) in [6.07, 6.45) is 6.96.